The SMILES string of the molecule is CCCCOCCOC(C)=O.CCCOC(C)=O. The summed E-state index contributed by atoms with van der Waals surface area (Å²) in [5.74, 6) is -0.439. The molecule has 0 N–H and O–H groups in total. The van der Waals surface area contributed by atoms with Crippen LogP contribution in [0, 0.1) is 0 Å². The van der Waals surface area contributed by atoms with Gasteiger partial charge >= 0.3 is 11.9 Å². The summed E-state index contributed by atoms with van der Waals surface area (Å²) in [4.78, 5) is 20.2. The third-order valence-corrected chi connectivity index (χ3v) is 1.68. The summed E-state index contributed by atoms with van der Waals surface area (Å²) in [7, 11) is 0. The van der Waals surface area contributed by atoms with Crippen LogP contribution in [0.4, 0.5) is 0 Å². The van der Waals surface area contributed by atoms with Gasteiger partial charge in [-0.15, -0.1) is 0 Å². The van der Waals surface area contributed by atoms with Crippen molar-refractivity contribution >= 4 is 11.9 Å². The van der Waals surface area contributed by atoms with E-state index in [-0.39, 0.29) is 11.9 Å². The van der Waals surface area contributed by atoms with Crippen molar-refractivity contribution in [3.8, 4) is 0 Å². The summed E-state index contributed by atoms with van der Waals surface area (Å²) in [6, 6.07) is 0. The minimum Gasteiger partial charge on any atom is -0.466 e. The fourth-order valence-corrected chi connectivity index (χ4v) is 0.839. The third-order valence-electron chi connectivity index (χ3n) is 1.68. The molecule has 0 aliphatic rings. The molecule has 0 rings (SSSR count). The van der Waals surface area contributed by atoms with Crippen LogP contribution in [0.3, 0.4) is 0 Å². The van der Waals surface area contributed by atoms with Crippen LogP contribution < -0.4 is 0 Å². The van der Waals surface area contributed by atoms with Gasteiger partial charge in [0.15, 0.2) is 0 Å². The van der Waals surface area contributed by atoms with Crippen LogP contribution in [0.1, 0.15) is 47.0 Å². The van der Waals surface area contributed by atoms with Gasteiger partial charge in [0.25, 0.3) is 0 Å². The first kappa shape index (κ1) is 19.2. The van der Waals surface area contributed by atoms with Crippen molar-refractivity contribution in [1.82, 2.24) is 0 Å². The molecule has 0 radical (unpaired) electrons. The molecule has 0 atom stereocenters. The van der Waals surface area contributed by atoms with E-state index < -0.39 is 0 Å². The Hall–Kier alpha value is -1.10. The maximum absolute atomic E-state index is 10.3. The standard InChI is InChI=1S/C8H16O3.C5H10O2/c1-3-4-5-10-6-7-11-8(2)9;1-3-4-7-5(2)6/h3-7H2,1-2H3;3-4H2,1-2H3. The average Bonchev–Trinajstić information content (AvgIpc) is 2.31. The quantitative estimate of drug-likeness (QED) is 0.496. The second-order valence-electron chi connectivity index (χ2n) is 3.65. The summed E-state index contributed by atoms with van der Waals surface area (Å²) in [5.41, 5.74) is 0. The van der Waals surface area contributed by atoms with E-state index in [1.807, 2.05) is 6.92 Å². The number of rotatable bonds is 8. The Morgan fingerprint density at radius 3 is 1.72 bits per heavy atom. The van der Waals surface area contributed by atoms with E-state index >= 15 is 0 Å². The lowest BCUT2D eigenvalue weighted by Crippen LogP contribution is -2.07. The number of hydrogen-bond acceptors (Lipinski definition) is 5. The highest BCUT2D eigenvalue weighted by atomic mass is 16.6. The molecule has 0 bridgehead atoms. The number of ether oxygens (including phenoxy) is 3. The molecule has 5 heteroatoms. The normalized spacial score (nSPS) is 9.11. The van der Waals surface area contributed by atoms with Crippen LogP contribution in [-0.4, -0.2) is 38.4 Å². The Morgan fingerprint density at radius 1 is 0.778 bits per heavy atom. The molecule has 0 saturated heterocycles. The lowest BCUT2D eigenvalue weighted by Gasteiger charge is -2.02. The van der Waals surface area contributed by atoms with Crippen LogP contribution >= 0.6 is 0 Å². The number of esters is 2. The fraction of sp³-hybridized carbons (Fsp3) is 0.846. The minimum atomic E-state index is -0.246. The number of unbranched alkanes of at least 4 members (excludes halogenated alkanes) is 1. The zero-order valence-corrected chi connectivity index (χ0v) is 12.0. The van der Waals surface area contributed by atoms with Crippen LogP contribution in [0.25, 0.3) is 0 Å². The maximum Gasteiger partial charge on any atom is 0.302 e. The molecule has 0 saturated carbocycles. The molecule has 0 heterocycles. The van der Waals surface area contributed by atoms with Gasteiger partial charge < -0.3 is 14.2 Å². The van der Waals surface area contributed by atoms with Crippen molar-refractivity contribution in [1.29, 1.82) is 0 Å². The molecule has 0 aliphatic carbocycles. The first-order chi connectivity index (χ1) is 8.54. The zero-order valence-electron chi connectivity index (χ0n) is 12.0. The van der Waals surface area contributed by atoms with E-state index in [9.17, 15) is 9.59 Å². The van der Waals surface area contributed by atoms with Gasteiger partial charge in [0.05, 0.1) is 13.2 Å². The maximum atomic E-state index is 10.3. The van der Waals surface area contributed by atoms with Crippen molar-refractivity contribution in [2.45, 2.75) is 47.0 Å². The van der Waals surface area contributed by atoms with E-state index in [1.54, 1.807) is 0 Å². The zero-order chi connectivity index (χ0) is 14.2. The topological polar surface area (TPSA) is 61.8 Å². The third kappa shape index (κ3) is 24.2. The van der Waals surface area contributed by atoms with Crippen LogP contribution in [-0.2, 0) is 23.8 Å². The lowest BCUT2D eigenvalue weighted by molar-refractivity contribution is -0.142. The first-order valence-electron chi connectivity index (χ1n) is 6.39. The summed E-state index contributed by atoms with van der Waals surface area (Å²) in [6.45, 7) is 9.08. The molecule has 0 amide bonds. The average molecular weight is 262 g/mol. The summed E-state index contributed by atoms with van der Waals surface area (Å²) in [6.07, 6.45) is 3.10. The van der Waals surface area contributed by atoms with E-state index in [1.165, 1.54) is 13.8 Å². The molecular formula is C13H26O5. The van der Waals surface area contributed by atoms with Crippen LogP contribution in [0.5, 0.6) is 0 Å². The van der Waals surface area contributed by atoms with Gasteiger partial charge in [-0.3, -0.25) is 9.59 Å². The Bertz CT molecular complexity index is 204. The van der Waals surface area contributed by atoms with Crippen molar-refractivity contribution in [2.75, 3.05) is 26.4 Å². The molecule has 18 heavy (non-hydrogen) atoms. The van der Waals surface area contributed by atoms with Gasteiger partial charge in [-0.1, -0.05) is 20.3 Å². The van der Waals surface area contributed by atoms with Gasteiger partial charge in [-0.2, -0.15) is 0 Å². The minimum absolute atomic E-state index is 0.193. The molecular weight excluding hydrogens is 236 g/mol. The first-order valence-corrected chi connectivity index (χ1v) is 6.39. The molecule has 108 valence electrons. The molecule has 0 aromatic rings. The van der Waals surface area contributed by atoms with Crippen molar-refractivity contribution in [2.24, 2.45) is 0 Å². The second kappa shape index (κ2) is 15.9. The predicted octanol–water partition coefficient (Wildman–Crippen LogP) is 2.33. The highest BCUT2D eigenvalue weighted by molar-refractivity contribution is 5.66. The van der Waals surface area contributed by atoms with E-state index in [2.05, 4.69) is 16.4 Å². The van der Waals surface area contributed by atoms with Gasteiger partial charge in [0, 0.05) is 20.5 Å². The van der Waals surface area contributed by atoms with E-state index in [0.29, 0.717) is 19.8 Å². The van der Waals surface area contributed by atoms with Crippen LogP contribution in [0.2, 0.25) is 0 Å². The monoisotopic (exact) mass is 262 g/mol. The highest BCUT2D eigenvalue weighted by Gasteiger charge is 1.91. The van der Waals surface area contributed by atoms with Crippen molar-refractivity contribution < 1.29 is 23.8 Å². The molecule has 0 spiro atoms. The van der Waals surface area contributed by atoms with Gasteiger partial charge in [-0.05, 0) is 12.8 Å². The summed E-state index contributed by atoms with van der Waals surface area (Å²) < 4.78 is 14.4. The van der Waals surface area contributed by atoms with Gasteiger partial charge in [0.2, 0.25) is 0 Å². The second-order valence-corrected chi connectivity index (χ2v) is 3.65. The molecule has 0 aromatic heterocycles. The smallest absolute Gasteiger partial charge is 0.302 e. The van der Waals surface area contributed by atoms with E-state index in [0.717, 1.165) is 25.9 Å². The molecule has 0 aromatic carbocycles. The van der Waals surface area contributed by atoms with Gasteiger partial charge in [0.1, 0.15) is 6.61 Å². The van der Waals surface area contributed by atoms with E-state index in [4.69, 9.17) is 4.74 Å². The summed E-state index contributed by atoms with van der Waals surface area (Å²) >= 11 is 0. The summed E-state index contributed by atoms with van der Waals surface area (Å²) in [5, 5.41) is 0. The Balaban J connectivity index is 0. The largest absolute Gasteiger partial charge is 0.466 e. The Kier molecular flexibility index (Phi) is 17.0. The van der Waals surface area contributed by atoms with Gasteiger partial charge in [-0.25, -0.2) is 0 Å². The fourth-order valence-electron chi connectivity index (χ4n) is 0.839. The molecule has 0 fully saturated rings. The number of carbonyl (C=O) groups excluding carboxylic acids is 2. The predicted molar refractivity (Wildman–Crippen MR) is 69.3 cm³/mol. The van der Waals surface area contributed by atoms with Crippen LogP contribution in [0.15, 0.2) is 0 Å². The molecule has 0 aliphatic heterocycles. The number of carbonyl (C=O) groups is 2. The lowest BCUT2D eigenvalue weighted by atomic mass is 10.4. The number of hydrogen-bond donors (Lipinski definition) is 0. The highest BCUT2D eigenvalue weighted by Crippen LogP contribution is 1.87. The Morgan fingerprint density at radius 2 is 1.33 bits per heavy atom. The van der Waals surface area contributed by atoms with Crippen molar-refractivity contribution in [3.63, 3.8) is 0 Å². The molecule has 5 nitrogen and oxygen atoms in total. The molecule has 0 unspecified atom stereocenters. The Labute approximate surface area is 110 Å². The van der Waals surface area contributed by atoms with Crippen molar-refractivity contribution in [3.05, 3.63) is 0 Å².